The van der Waals surface area contributed by atoms with Crippen LogP contribution >= 0.6 is 0 Å². The number of alkyl halides is 6. The minimum atomic E-state index is -5.03. The highest BCUT2D eigenvalue weighted by molar-refractivity contribution is 5.94. The third-order valence-electron chi connectivity index (χ3n) is 4.44. The average molecular weight is 460 g/mol. The van der Waals surface area contributed by atoms with Crippen molar-refractivity contribution in [3.63, 3.8) is 0 Å². The van der Waals surface area contributed by atoms with Crippen molar-refractivity contribution in [1.29, 1.82) is 0 Å². The Hall–Kier alpha value is -3.38. The van der Waals surface area contributed by atoms with Gasteiger partial charge in [-0.1, -0.05) is 6.92 Å². The van der Waals surface area contributed by atoms with E-state index in [0.29, 0.717) is 35.5 Å². The van der Waals surface area contributed by atoms with Gasteiger partial charge in [-0.15, -0.1) is 0 Å². The molecule has 13 heteroatoms. The van der Waals surface area contributed by atoms with E-state index in [-0.39, 0.29) is 19.2 Å². The third-order valence-corrected chi connectivity index (χ3v) is 4.44. The van der Waals surface area contributed by atoms with E-state index in [4.69, 9.17) is 0 Å². The Morgan fingerprint density at radius 3 is 2.25 bits per heavy atom. The van der Waals surface area contributed by atoms with Crippen molar-refractivity contribution < 1.29 is 31.1 Å². The van der Waals surface area contributed by atoms with Crippen LogP contribution < -0.4 is 10.6 Å². The Morgan fingerprint density at radius 2 is 1.66 bits per heavy atom. The van der Waals surface area contributed by atoms with Crippen molar-refractivity contribution in [1.82, 2.24) is 25.1 Å². The Labute approximate surface area is 177 Å². The van der Waals surface area contributed by atoms with Crippen LogP contribution in [0.3, 0.4) is 0 Å². The van der Waals surface area contributed by atoms with Crippen LogP contribution in [0, 0.1) is 0 Å². The molecule has 0 aliphatic rings. The van der Waals surface area contributed by atoms with Gasteiger partial charge in [-0.25, -0.2) is 14.6 Å². The summed E-state index contributed by atoms with van der Waals surface area (Å²) < 4.78 is 79.3. The van der Waals surface area contributed by atoms with E-state index in [0.717, 1.165) is 6.42 Å². The topological polar surface area (TPSA) is 84.7 Å². The van der Waals surface area contributed by atoms with Crippen molar-refractivity contribution in [3.8, 4) is 0 Å². The highest BCUT2D eigenvalue weighted by atomic mass is 19.4. The van der Waals surface area contributed by atoms with Gasteiger partial charge in [0.15, 0.2) is 5.65 Å². The summed E-state index contributed by atoms with van der Waals surface area (Å²) in [6, 6.07) is 0.732. The normalized spacial score (nSPS) is 12.2. The molecule has 3 aromatic rings. The molecule has 0 spiro atoms. The molecule has 172 valence electrons. The van der Waals surface area contributed by atoms with Crippen LogP contribution in [0.25, 0.3) is 11.0 Å². The predicted molar refractivity (Wildman–Crippen MR) is 103 cm³/mol. The Bertz CT molecular complexity index is 1080. The van der Waals surface area contributed by atoms with Crippen LogP contribution in [0.15, 0.2) is 30.7 Å². The summed E-state index contributed by atoms with van der Waals surface area (Å²) in [7, 11) is 0. The van der Waals surface area contributed by atoms with Gasteiger partial charge in [0, 0.05) is 18.7 Å². The number of aromatic nitrogens is 4. The summed E-state index contributed by atoms with van der Waals surface area (Å²) in [5.74, 6) is -0.492. The molecule has 0 unspecified atom stereocenters. The molecular weight excluding hydrogens is 442 g/mol. The van der Waals surface area contributed by atoms with E-state index in [1.165, 1.54) is 17.2 Å². The molecule has 1 amide bonds. The van der Waals surface area contributed by atoms with E-state index < -0.39 is 35.0 Å². The zero-order valence-corrected chi connectivity index (χ0v) is 16.7. The van der Waals surface area contributed by atoms with Crippen LogP contribution in [-0.2, 0) is 18.9 Å². The number of benzene rings is 1. The molecule has 0 saturated carbocycles. The van der Waals surface area contributed by atoms with Crippen molar-refractivity contribution in [3.05, 3.63) is 47.4 Å². The van der Waals surface area contributed by atoms with Crippen LogP contribution in [0.2, 0.25) is 0 Å². The summed E-state index contributed by atoms with van der Waals surface area (Å²) in [6.07, 6.45) is -6.34. The lowest BCUT2D eigenvalue weighted by Gasteiger charge is -2.14. The predicted octanol–water partition coefficient (Wildman–Crippen LogP) is 4.12. The van der Waals surface area contributed by atoms with Gasteiger partial charge in [-0.2, -0.15) is 31.4 Å². The highest BCUT2D eigenvalue weighted by Crippen LogP contribution is 2.36. The molecule has 0 saturated heterocycles. The molecule has 0 atom stereocenters. The van der Waals surface area contributed by atoms with E-state index in [1.807, 2.05) is 6.92 Å². The quantitative estimate of drug-likeness (QED) is 0.519. The maximum Gasteiger partial charge on any atom is 0.416 e. The molecule has 0 fully saturated rings. The monoisotopic (exact) mass is 460 g/mol. The van der Waals surface area contributed by atoms with Crippen molar-refractivity contribution >= 4 is 22.8 Å². The van der Waals surface area contributed by atoms with Gasteiger partial charge in [0.1, 0.15) is 12.1 Å². The zero-order chi connectivity index (χ0) is 23.5. The molecule has 0 aliphatic carbocycles. The Kier molecular flexibility index (Phi) is 6.55. The number of nitrogens with one attached hydrogen (secondary N) is 2. The smallest absolute Gasteiger partial charge is 0.369 e. The number of rotatable bonds is 7. The fraction of sp³-hybridized carbons (Fsp3) is 0.368. The minimum absolute atomic E-state index is 0.0312. The molecule has 2 N–H and O–H groups in total. The van der Waals surface area contributed by atoms with Crippen LogP contribution in [0.4, 0.5) is 32.2 Å². The fourth-order valence-corrected chi connectivity index (χ4v) is 2.90. The van der Waals surface area contributed by atoms with Crippen LogP contribution in [0.1, 0.15) is 34.8 Å². The first kappa shape index (κ1) is 23.3. The van der Waals surface area contributed by atoms with Crippen molar-refractivity contribution in [2.24, 2.45) is 0 Å². The fourth-order valence-electron chi connectivity index (χ4n) is 2.90. The van der Waals surface area contributed by atoms with Gasteiger partial charge in [-0.05, 0) is 24.6 Å². The number of hydrogen-bond acceptors (Lipinski definition) is 5. The van der Waals surface area contributed by atoms with Gasteiger partial charge in [0.25, 0.3) is 5.91 Å². The van der Waals surface area contributed by atoms with Crippen LogP contribution in [0.5, 0.6) is 0 Å². The number of nitrogens with zero attached hydrogens (tertiary/aromatic N) is 4. The second kappa shape index (κ2) is 9.01. The highest BCUT2D eigenvalue weighted by Gasteiger charge is 2.37. The lowest BCUT2D eigenvalue weighted by Crippen LogP contribution is -2.28. The summed E-state index contributed by atoms with van der Waals surface area (Å²) in [4.78, 5) is 20.5. The Morgan fingerprint density at radius 1 is 1.00 bits per heavy atom. The molecule has 0 radical (unpaired) electrons. The first-order valence-electron chi connectivity index (χ1n) is 9.48. The number of fused-ring (bicyclic) bond motifs is 1. The molecule has 0 aliphatic heterocycles. The summed E-state index contributed by atoms with van der Waals surface area (Å²) >= 11 is 0. The van der Waals surface area contributed by atoms with E-state index in [9.17, 15) is 31.1 Å². The largest absolute Gasteiger partial charge is 0.416 e. The first-order valence-corrected chi connectivity index (χ1v) is 9.48. The molecule has 2 aromatic heterocycles. The Balaban J connectivity index is 1.74. The zero-order valence-electron chi connectivity index (χ0n) is 16.7. The number of hydrogen-bond donors (Lipinski definition) is 2. The summed E-state index contributed by atoms with van der Waals surface area (Å²) in [6.45, 7) is 2.66. The van der Waals surface area contributed by atoms with Gasteiger partial charge >= 0.3 is 12.4 Å². The van der Waals surface area contributed by atoms with Crippen molar-refractivity contribution in [2.45, 2.75) is 32.2 Å². The van der Waals surface area contributed by atoms with Gasteiger partial charge < -0.3 is 10.6 Å². The van der Waals surface area contributed by atoms with E-state index in [1.54, 1.807) is 0 Å². The van der Waals surface area contributed by atoms with E-state index in [2.05, 4.69) is 25.7 Å². The van der Waals surface area contributed by atoms with Crippen LogP contribution in [-0.4, -0.2) is 38.7 Å². The molecule has 1 aromatic carbocycles. The minimum Gasteiger partial charge on any atom is -0.369 e. The maximum atomic E-state index is 13.0. The molecule has 7 nitrogen and oxygen atoms in total. The SMILES string of the molecule is CCCNc1ncnc2c1cnn2CCNC(=O)c1cc(C(F)(F)F)cc(C(F)(F)F)c1. The lowest BCUT2D eigenvalue weighted by atomic mass is 10.0. The van der Waals surface area contributed by atoms with Gasteiger partial charge in [-0.3, -0.25) is 4.79 Å². The van der Waals surface area contributed by atoms with E-state index >= 15 is 0 Å². The molecular formula is C19H18F6N6O. The summed E-state index contributed by atoms with van der Waals surface area (Å²) in [5.41, 5.74) is -3.39. The first-order chi connectivity index (χ1) is 15.0. The average Bonchev–Trinajstić information content (AvgIpc) is 3.14. The number of amides is 1. The number of carbonyl (C=O) groups excluding carboxylic acids is 1. The summed E-state index contributed by atoms with van der Waals surface area (Å²) in [5, 5.41) is 10.2. The third kappa shape index (κ3) is 5.26. The molecule has 2 heterocycles. The number of halogens is 6. The number of carbonyl (C=O) groups is 1. The molecule has 3 rings (SSSR count). The lowest BCUT2D eigenvalue weighted by molar-refractivity contribution is -0.143. The second-order valence-electron chi connectivity index (χ2n) is 6.80. The number of anilines is 1. The van der Waals surface area contributed by atoms with Gasteiger partial charge in [0.2, 0.25) is 0 Å². The van der Waals surface area contributed by atoms with Crippen molar-refractivity contribution in [2.75, 3.05) is 18.4 Å². The second-order valence-corrected chi connectivity index (χ2v) is 6.80. The van der Waals surface area contributed by atoms with Gasteiger partial charge in [0.05, 0.1) is 29.3 Å². The molecule has 0 bridgehead atoms. The molecule has 32 heavy (non-hydrogen) atoms. The standard InChI is InChI=1S/C19H18F6N6O/c1-2-3-26-15-14-9-30-31(16(14)29-10-28-15)5-4-27-17(32)11-6-12(18(20,21)22)8-13(7-11)19(23,24)25/h6-10H,2-5H2,1H3,(H,27,32)(H,26,28,29). The maximum absolute atomic E-state index is 13.0.